The zero-order chi connectivity index (χ0) is 13.8. The number of hydrogen-bond acceptors (Lipinski definition) is 5. The normalized spacial score (nSPS) is 12.2. The van der Waals surface area contributed by atoms with E-state index < -0.39 is 0 Å². The number of nitrogens with zero attached hydrogens (tertiary/aromatic N) is 1. The third-order valence-electron chi connectivity index (χ3n) is 2.77. The van der Waals surface area contributed by atoms with E-state index in [1.54, 1.807) is 7.11 Å². The lowest BCUT2D eigenvalue weighted by Gasteiger charge is -2.12. The average Bonchev–Trinajstić information content (AvgIpc) is 2.81. The molecule has 2 N–H and O–H groups in total. The van der Waals surface area contributed by atoms with E-state index in [1.807, 2.05) is 38.1 Å². The number of methoxy groups -OCH3 is 1. The van der Waals surface area contributed by atoms with Gasteiger partial charge in [-0.3, -0.25) is 0 Å². The summed E-state index contributed by atoms with van der Waals surface area (Å²) in [6.45, 7) is 4.10. The predicted molar refractivity (Wildman–Crippen MR) is 71.2 cm³/mol. The molecule has 5 heteroatoms. The molecule has 0 aliphatic carbocycles. The van der Waals surface area contributed by atoms with Crippen LogP contribution >= 0.6 is 0 Å². The Hall–Kier alpha value is -2.01. The summed E-state index contributed by atoms with van der Waals surface area (Å²) >= 11 is 0. The number of aromatic nitrogens is 1. The van der Waals surface area contributed by atoms with Gasteiger partial charge in [0.2, 0.25) is 0 Å². The van der Waals surface area contributed by atoms with Gasteiger partial charge in [0.05, 0.1) is 7.11 Å². The predicted octanol–water partition coefficient (Wildman–Crippen LogP) is 2.59. The van der Waals surface area contributed by atoms with Crippen LogP contribution in [-0.2, 0) is 6.61 Å². The Morgan fingerprint density at radius 2 is 2.11 bits per heavy atom. The van der Waals surface area contributed by atoms with E-state index in [-0.39, 0.29) is 6.04 Å². The van der Waals surface area contributed by atoms with Gasteiger partial charge in [-0.1, -0.05) is 11.2 Å². The van der Waals surface area contributed by atoms with E-state index >= 15 is 0 Å². The van der Waals surface area contributed by atoms with Crippen LogP contribution in [0, 0.1) is 6.92 Å². The SMILES string of the molecule is COc1cc([C@H](C)N)ccc1OCc1cc(C)on1. The van der Waals surface area contributed by atoms with E-state index in [2.05, 4.69) is 5.16 Å². The molecular formula is C14H18N2O3. The maximum atomic E-state index is 5.84. The van der Waals surface area contributed by atoms with Crippen LogP contribution in [0.15, 0.2) is 28.8 Å². The summed E-state index contributed by atoms with van der Waals surface area (Å²) in [5.74, 6) is 2.08. The highest BCUT2D eigenvalue weighted by Gasteiger charge is 2.09. The molecule has 0 saturated heterocycles. The third-order valence-corrected chi connectivity index (χ3v) is 2.77. The molecule has 0 amide bonds. The molecule has 1 heterocycles. The molecule has 0 fully saturated rings. The van der Waals surface area contributed by atoms with Crippen LogP contribution in [0.5, 0.6) is 11.5 Å². The summed E-state index contributed by atoms with van der Waals surface area (Å²) in [5, 5.41) is 3.87. The van der Waals surface area contributed by atoms with Crippen LogP contribution in [0.1, 0.15) is 30.0 Å². The number of hydrogen-bond donors (Lipinski definition) is 1. The third kappa shape index (κ3) is 3.26. The molecule has 5 nitrogen and oxygen atoms in total. The molecule has 1 aromatic carbocycles. The second-order valence-electron chi connectivity index (χ2n) is 4.42. The highest BCUT2D eigenvalue weighted by molar-refractivity contribution is 5.43. The highest BCUT2D eigenvalue weighted by atomic mass is 16.5. The Bertz CT molecular complexity index is 549. The Balaban J connectivity index is 2.11. The van der Waals surface area contributed by atoms with Gasteiger partial charge in [-0.2, -0.15) is 0 Å². The number of benzene rings is 1. The standard InChI is InChI=1S/C14H18N2O3/c1-9-6-12(16-19-9)8-18-13-5-4-11(10(2)15)7-14(13)17-3/h4-7,10H,8,15H2,1-3H3/t10-/m0/s1. The topological polar surface area (TPSA) is 70.5 Å². The summed E-state index contributed by atoms with van der Waals surface area (Å²) < 4.78 is 16.0. The fourth-order valence-corrected chi connectivity index (χ4v) is 1.72. The minimum atomic E-state index is -0.0406. The second kappa shape index (κ2) is 5.75. The van der Waals surface area contributed by atoms with Gasteiger partial charge >= 0.3 is 0 Å². The zero-order valence-corrected chi connectivity index (χ0v) is 11.3. The fourth-order valence-electron chi connectivity index (χ4n) is 1.72. The van der Waals surface area contributed by atoms with Crippen molar-refractivity contribution in [3.63, 3.8) is 0 Å². The van der Waals surface area contributed by atoms with Gasteiger partial charge in [-0.25, -0.2) is 0 Å². The fraction of sp³-hybridized carbons (Fsp3) is 0.357. The van der Waals surface area contributed by atoms with Crippen LogP contribution in [-0.4, -0.2) is 12.3 Å². The molecule has 0 saturated carbocycles. The molecule has 2 rings (SSSR count). The molecular weight excluding hydrogens is 244 g/mol. The van der Waals surface area contributed by atoms with E-state index in [4.69, 9.17) is 19.7 Å². The molecule has 0 spiro atoms. The van der Waals surface area contributed by atoms with E-state index in [9.17, 15) is 0 Å². The van der Waals surface area contributed by atoms with Crippen LogP contribution in [0.2, 0.25) is 0 Å². The maximum Gasteiger partial charge on any atom is 0.161 e. The Morgan fingerprint density at radius 1 is 1.32 bits per heavy atom. The molecule has 2 aromatic rings. The van der Waals surface area contributed by atoms with Gasteiger partial charge in [0.25, 0.3) is 0 Å². The molecule has 0 aliphatic heterocycles. The molecule has 102 valence electrons. The number of rotatable bonds is 5. The van der Waals surface area contributed by atoms with Crippen molar-refractivity contribution in [3.8, 4) is 11.5 Å². The van der Waals surface area contributed by atoms with Crippen molar-refractivity contribution in [2.24, 2.45) is 5.73 Å². The van der Waals surface area contributed by atoms with Gasteiger partial charge in [-0.05, 0) is 31.5 Å². The lowest BCUT2D eigenvalue weighted by molar-refractivity contribution is 0.271. The van der Waals surface area contributed by atoms with Crippen LogP contribution in [0.4, 0.5) is 0 Å². The highest BCUT2D eigenvalue weighted by Crippen LogP contribution is 2.30. The van der Waals surface area contributed by atoms with Gasteiger partial charge in [0, 0.05) is 12.1 Å². The van der Waals surface area contributed by atoms with Crippen molar-refractivity contribution in [3.05, 3.63) is 41.3 Å². The largest absolute Gasteiger partial charge is 0.493 e. The van der Waals surface area contributed by atoms with Gasteiger partial charge in [0.1, 0.15) is 18.1 Å². The zero-order valence-electron chi connectivity index (χ0n) is 11.3. The first-order valence-electron chi connectivity index (χ1n) is 6.08. The van der Waals surface area contributed by atoms with E-state index in [1.165, 1.54) is 0 Å². The molecule has 0 radical (unpaired) electrons. The van der Waals surface area contributed by atoms with E-state index in [0.29, 0.717) is 18.1 Å². The lowest BCUT2D eigenvalue weighted by Crippen LogP contribution is -2.05. The second-order valence-corrected chi connectivity index (χ2v) is 4.42. The van der Waals surface area contributed by atoms with Crippen molar-refractivity contribution >= 4 is 0 Å². The van der Waals surface area contributed by atoms with Crippen LogP contribution in [0.25, 0.3) is 0 Å². The molecule has 0 aliphatic rings. The Morgan fingerprint density at radius 3 is 2.68 bits per heavy atom. The number of ether oxygens (including phenoxy) is 2. The minimum Gasteiger partial charge on any atom is -0.493 e. The maximum absolute atomic E-state index is 5.84. The van der Waals surface area contributed by atoms with Crippen LogP contribution < -0.4 is 15.2 Å². The smallest absolute Gasteiger partial charge is 0.161 e. The lowest BCUT2D eigenvalue weighted by atomic mass is 10.1. The minimum absolute atomic E-state index is 0.0406. The van der Waals surface area contributed by atoms with Crippen molar-refractivity contribution in [2.75, 3.05) is 7.11 Å². The average molecular weight is 262 g/mol. The molecule has 1 atom stereocenters. The van der Waals surface area contributed by atoms with Crippen molar-refractivity contribution < 1.29 is 14.0 Å². The summed E-state index contributed by atoms with van der Waals surface area (Å²) in [7, 11) is 1.60. The first-order chi connectivity index (χ1) is 9.10. The summed E-state index contributed by atoms with van der Waals surface area (Å²) in [4.78, 5) is 0. The van der Waals surface area contributed by atoms with Crippen molar-refractivity contribution in [2.45, 2.75) is 26.5 Å². The molecule has 0 unspecified atom stereocenters. The Labute approximate surface area is 112 Å². The summed E-state index contributed by atoms with van der Waals surface area (Å²) in [6, 6.07) is 7.46. The summed E-state index contributed by atoms with van der Waals surface area (Å²) in [6.07, 6.45) is 0. The van der Waals surface area contributed by atoms with Gasteiger partial charge in [-0.15, -0.1) is 0 Å². The summed E-state index contributed by atoms with van der Waals surface area (Å²) in [5.41, 5.74) is 7.58. The molecule has 1 aromatic heterocycles. The monoisotopic (exact) mass is 262 g/mol. The first kappa shape index (κ1) is 13.4. The van der Waals surface area contributed by atoms with Crippen molar-refractivity contribution in [1.29, 1.82) is 0 Å². The first-order valence-corrected chi connectivity index (χ1v) is 6.08. The van der Waals surface area contributed by atoms with E-state index in [0.717, 1.165) is 17.0 Å². The number of aryl methyl sites for hydroxylation is 1. The van der Waals surface area contributed by atoms with Gasteiger partial charge < -0.3 is 19.7 Å². The molecule has 19 heavy (non-hydrogen) atoms. The quantitative estimate of drug-likeness (QED) is 0.896. The Kier molecular flexibility index (Phi) is 4.06. The van der Waals surface area contributed by atoms with Gasteiger partial charge in [0.15, 0.2) is 11.5 Å². The van der Waals surface area contributed by atoms with Crippen LogP contribution in [0.3, 0.4) is 0 Å². The molecule has 0 bridgehead atoms. The number of nitrogens with two attached hydrogens (primary N) is 1. The van der Waals surface area contributed by atoms with Crippen molar-refractivity contribution in [1.82, 2.24) is 5.16 Å².